The van der Waals surface area contributed by atoms with Crippen molar-refractivity contribution in [2.24, 2.45) is 0 Å². The molecule has 2 heteroatoms. The lowest BCUT2D eigenvalue weighted by Crippen LogP contribution is -2.25. The van der Waals surface area contributed by atoms with Crippen LogP contribution in [-0.2, 0) is 6.54 Å². The molecule has 1 saturated heterocycles. The van der Waals surface area contributed by atoms with Crippen LogP contribution in [0.2, 0.25) is 0 Å². The van der Waals surface area contributed by atoms with Crippen LogP contribution in [0.5, 0.6) is 0 Å². The van der Waals surface area contributed by atoms with Crippen LogP contribution in [0, 0.1) is 0 Å². The normalized spacial score (nSPS) is 18.1. The molecule has 15 heavy (non-hydrogen) atoms. The van der Waals surface area contributed by atoms with E-state index in [0.29, 0.717) is 0 Å². The van der Waals surface area contributed by atoms with Gasteiger partial charge in [-0.1, -0.05) is 36.4 Å². The van der Waals surface area contributed by atoms with E-state index >= 15 is 0 Å². The van der Waals surface area contributed by atoms with Gasteiger partial charge in [-0.2, -0.15) is 0 Å². The van der Waals surface area contributed by atoms with Gasteiger partial charge in [0.2, 0.25) is 0 Å². The average Bonchev–Trinajstić information content (AvgIpc) is 2.68. The van der Waals surface area contributed by atoms with Crippen molar-refractivity contribution >= 4 is 0 Å². The zero-order chi connectivity index (χ0) is 10.5. The van der Waals surface area contributed by atoms with Crippen molar-refractivity contribution in [2.75, 3.05) is 26.3 Å². The Bertz CT molecular complexity index is 308. The van der Waals surface area contributed by atoms with Crippen LogP contribution in [0.25, 0.3) is 0 Å². The van der Waals surface area contributed by atoms with E-state index < -0.39 is 0 Å². The van der Waals surface area contributed by atoms with Crippen LogP contribution in [0.3, 0.4) is 0 Å². The summed E-state index contributed by atoms with van der Waals surface area (Å²) >= 11 is 0. The minimum Gasteiger partial charge on any atom is -0.286 e. The molecule has 0 aromatic heterocycles. The van der Waals surface area contributed by atoms with E-state index in [1.165, 1.54) is 18.7 Å². The first-order valence-electron chi connectivity index (χ1n) is 5.48. The second-order valence-corrected chi connectivity index (χ2v) is 4.05. The molecule has 1 aliphatic heterocycles. The largest absolute Gasteiger partial charge is 0.286 e. The molecule has 0 amide bonds. The Balaban J connectivity index is 1.85. The molecule has 0 N–H and O–H groups in total. The fourth-order valence-corrected chi connectivity index (χ4v) is 2.01. The summed E-state index contributed by atoms with van der Waals surface area (Å²) in [5.74, 6) is 0. The van der Waals surface area contributed by atoms with Gasteiger partial charge in [0, 0.05) is 26.2 Å². The van der Waals surface area contributed by atoms with Crippen molar-refractivity contribution in [1.82, 2.24) is 9.80 Å². The predicted molar refractivity (Wildman–Crippen MR) is 63.5 cm³/mol. The lowest BCUT2D eigenvalue weighted by molar-refractivity contribution is 0.255. The van der Waals surface area contributed by atoms with Crippen LogP contribution in [0.4, 0.5) is 0 Å². The van der Waals surface area contributed by atoms with Gasteiger partial charge in [-0.05, 0) is 5.56 Å². The highest BCUT2D eigenvalue weighted by atomic mass is 15.4. The molecule has 1 aromatic carbocycles. The van der Waals surface area contributed by atoms with Crippen molar-refractivity contribution in [2.45, 2.75) is 6.54 Å². The van der Waals surface area contributed by atoms with Crippen molar-refractivity contribution in [3.63, 3.8) is 0 Å². The van der Waals surface area contributed by atoms with E-state index in [0.717, 1.165) is 19.8 Å². The van der Waals surface area contributed by atoms with Gasteiger partial charge in [-0.25, -0.2) is 0 Å². The standard InChI is InChI=1S/C13H18N2/c1-2-8-14-9-10-15(12-14)11-13-6-4-3-5-7-13/h2-7H,1,8-12H2. The Kier molecular flexibility index (Phi) is 3.54. The zero-order valence-electron chi connectivity index (χ0n) is 9.10. The molecule has 2 rings (SSSR count). The third kappa shape index (κ3) is 2.91. The van der Waals surface area contributed by atoms with E-state index in [1.807, 2.05) is 6.08 Å². The first-order chi connectivity index (χ1) is 7.38. The quantitative estimate of drug-likeness (QED) is 0.689. The molecule has 1 aromatic rings. The van der Waals surface area contributed by atoms with Crippen LogP contribution in [-0.4, -0.2) is 36.1 Å². The fraction of sp³-hybridized carbons (Fsp3) is 0.385. The monoisotopic (exact) mass is 202 g/mol. The highest BCUT2D eigenvalue weighted by Gasteiger charge is 2.18. The first kappa shape index (κ1) is 10.4. The summed E-state index contributed by atoms with van der Waals surface area (Å²) in [6.45, 7) is 9.25. The van der Waals surface area contributed by atoms with Gasteiger partial charge in [0.05, 0.1) is 6.67 Å². The SMILES string of the molecule is C=CCN1CCN(Cc2ccccc2)C1. The number of hydrogen-bond acceptors (Lipinski definition) is 2. The van der Waals surface area contributed by atoms with Crippen molar-refractivity contribution in [3.8, 4) is 0 Å². The molecule has 0 saturated carbocycles. The van der Waals surface area contributed by atoms with Crippen molar-refractivity contribution < 1.29 is 0 Å². The summed E-state index contributed by atoms with van der Waals surface area (Å²) in [4.78, 5) is 4.88. The number of benzene rings is 1. The summed E-state index contributed by atoms with van der Waals surface area (Å²) in [6, 6.07) is 10.7. The third-order valence-electron chi connectivity index (χ3n) is 2.77. The van der Waals surface area contributed by atoms with Crippen molar-refractivity contribution in [1.29, 1.82) is 0 Å². The molecule has 0 bridgehead atoms. The number of nitrogens with zero attached hydrogens (tertiary/aromatic N) is 2. The Morgan fingerprint density at radius 1 is 1.13 bits per heavy atom. The lowest BCUT2D eigenvalue weighted by atomic mass is 10.2. The molecule has 0 spiro atoms. The smallest absolute Gasteiger partial charge is 0.0513 e. The van der Waals surface area contributed by atoms with E-state index in [-0.39, 0.29) is 0 Å². The maximum Gasteiger partial charge on any atom is 0.0513 e. The van der Waals surface area contributed by atoms with Crippen LogP contribution in [0.1, 0.15) is 5.56 Å². The molecule has 1 fully saturated rings. The minimum absolute atomic E-state index is 1.01. The molecule has 0 aliphatic carbocycles. The Labute approximate surface area is 91.8 Å². The second kappa shape index (κ2) is 5.10. The number of rotatable bonds is 4. The highest BCUT2D eigenvalue weighted by molar-refractivity contribution is 5.14. The van der Waals surface area contributed by atoms with E-state index in [4.69, 9.17) is 0 Å². The fourth-order valence-electron chi connectivity index (χ4n) is 2.01. The van der Waals surface area contributed by atoms with Crippen molar-refractivity contribution in [3.05, 3.63) is 48.6 Å². The van der Waals surface area contributed by atoms with Gasteiger partial charge < -0.3 is 0 Å². The molecule has 0 radical (unpaired) electrons. The minimum atomic E-state index is 1.01. The first-order valence-corrected chi connectivity index (χ1v) is 5.48. The third-order valence-corrected chi connectivity index (χ3v) is 2.77. The molecule has 1 aliphatic rings. The molecule has 80 valence electrons. The summed E-state index contributed by atoms with van der Waals surface area (Å²) in [6.07, 6.45) is 1.98. The summed E-state index contributed by atoms with van der Waals surface area (Å²) in [5, 5.41) is 0. The lowest BCUT2D eigenvalue weighted by Gasteiger charge is -2.16. The molecular weight excluding hydrogens is 184 g/mol. The second-order valence-electron chi connectivity index (χ2n) is 4.05. The van der Waals surface area contributed by atoms with Crippen LogP contribution in [0.15, 0.2) is 43.0 Å². The van der Waals surface area contributed by atoms with Gasteiger partial charge in [-0.15, -0.1) is 6.58 Å². The van der Waals surface area contributed by atoms with Gasteiger partial charge in [0.15, 0.2) is 0 Å². The topological polar surface area (TPSA) is 6.48 Å². The van der Waals surface area contributed by atoms with Gasteiger partial charge >= 0.3 is 0 Å². The number of hydrogen-bond donors (Lipinski definition) is 0. The maximum absolute atomic E-state index is 3.77. The Morgan fingerprint density at radius 2 is 1.87 bits per heavy atom. The molecule has 1 heterocycles. The van der Waals surface area contributed by atoms with E-state index in [2.05, 4.69) is 46.7 Å². The summed E-state index contributed by atoms with van der Waals surface area (Å²) in [5.41, 5.74) is 1.40. The molecule has 2 nitrogen and oxygen atoms in total. The zero-order valence-corrected chi connectivity index (χ0v) is 9.10. The van der Waals surface area contributed by atoms with E-state index in [9.17, 15) is 0 Å². The van der Waals surface area contributed by atoms with Crippen LogP contribution >= 0.6 is 0 Å². The Morgan fingerprint density at radius 3 is 2.60 bits per heavy atom. The predicted octanol–water partition coefficient (Wildman–Crippen LogP) is 1.95. The van der Waals surface area contributed by atoms with Crippen LogP contribution < -0.4 is 0 Å². The highest BCUT2D eigenvalue weighted by Crippen LogP contribution is 2.10. The average molecular weight is 202 g/mol. The summed E-state index contributed by atoms with van der Waals surface area (Å²) < 4.78 is 0. The molecular formula is C13H18N2. The maximum atomic E-state index is 3.77. The Hall–Kier alpha value is -1.12. The van der Waals surface area contributed by atoms with Gasteiger partial charge in [0.1, 0.15) is 0 Å². The molecule has 0 atom stereocenters. The van der Waals surface area contributed by atoms with Gasteiger partial charge in [-0.3, -0.25) is 9.80 Å². The summed E-state index contributed by atoms with van der Waals surface area (Å²) in [7, 11) is 0. The van der Waals surface area contributed by atoms with E-state index in [1.54, 1.807) is 0 Å². The van der Waals surface area contributed by atoms with Gasteiger partial charge in [0.25, 0.3) is 0 Å². The molecule has 0 unspecified atom stereocenters.